The molecule has 0 saturated heterocycles. The summed E-state index contributed by atoms with van der Waals surface area (Å²) >= 11 is 0. The predicted molar refractivity (Wildman–Crippen MR) is 88.7 cm³/mol. The summed E-state index contributed by atoms with van der Waals surface area (Å²) in [6.45, 7) is -0.381. The number of carbonyl (C=O) groups is 2. The van der Waals surface area contributed by atoms with Gasteiger partial charge in [-0.25, -0.2) is 16.8 Å². The topological polar surface area (TPSA) is 204 Å². The van der Waals surface area contributed by atoms with Gasteiger partial charge < -0.3 is 20.6 Å². The Kier molecular flexibility index (Phi) is 4.24. The van der Waals surface area contributed by atoms with Gasteiger partial charge >= 0.3 is 0 Å². The Morgan fingerprint density at radius 1 is 0.926 bits per heavy atom. The van der Waals surface area contributed by atoms with E-state index in [0.717, 1.165) is 18.2 Å². The van der Waals surface area contributed by atoms with Gasteiger partial charge in [0.1, 0.15) is 20.2 Å². The van der Waals surface area contributed by atoms with Gasteiger partial charge in [-0.15, -0.1) is 0 Å². The van der Waals surface area contributed by atoms with E-state index in [1.165, 1.54) is 0 Å². The van der Waals surface area contributed by atoms with Crippen LogP contribution in [0.1, 0.15) is 20.7 Å². The molecule has 4 N–H and O–H groups in total. The molecule has 0 atom stereocenters. The highest BCUT2D eigenvalue weighted by Crippen LogP contribution is 2.38. The summed E-state index contributed by atoms with van der Waals surface area (Å²) in [7, 11) is -10.2. The number of nitrogens with two attached hydrogens (primary N) is 2. The number of nitrogens with zero attached hydrogens (tertiary/aromatic N) is 1. The number of hydrogen-bond donors (Lipinski definition) is 2. The van der Waals surface area contributed by atoms with E-state index in [9.17, 15) is 35.5 Å². The third kappa shape index (κ3) is 2.94. The average molecular weight is 413 g/mol. The summed E-state index contributed by atoms with van der Waals surface area (Å²) in [5, 5.41) is -0.515. The van der Waals surface area contributed by atoms with Crippen molar-refractivity contribution in [1.29, 1.82) is 0 Å². The number of rotatable bonds is 4. The SMILES string of the molecule is NCCN1C(=O)c2cc(S(=O)(=O)[O-])cc3c(N)c(S(=O)(=O)[O-])cc(c23)C1=O. The van der Waals surface area contributed by atoms with Crippen LogP contribution < -0.4 is 11.5 Å². The quantitative estimate of drug-likeness (QED) is 0.347. The highest BCUT2D eigenvalue weighted by Gasteiger charge is 2.35. The maximum absolute atomic E-state index is 12.6. The van der Waals surface area contributed by atoms with Crippen molar-refractivity contribution in [2.75, 3.05) is 18.8 Å². The first-order valence-electron chi connectivity index (χ1n) is 7.26. The van der Waals surface area contributed by atoms with Gasteiger partial charge in [-0.1, -0.05) is 0 Å². The van der Waals surface area contributed by atoms with Gasteiger partial charge in [-0.05, 0) is 18.2 Å². The van der Waals surface area contributed by atoms with Crippen LogP contribution in [-0.4, -0.2) is 55.7 Å². The van der Waals surface area contributed by atoms with Crippen LogP contribution >= 0.6 is 0 Å². The second-order valence-electron chi connectivity index (χ2n) is 5.69. The van der Waals surface area contributed by atoms with Crippen LogP contribution in [-0.2, 0) is 20.2 Å². The summed E-state index contributed by atoms with van der Waals surface area (Å²) in [5.74, 6) is -1.85. The molecule has 2 aromatic rings. The fraction of sp³-hybridized carbons (Fsp3) is 0.143. The fourth-order valence-corrected chi connectivity index (χ4v) is 4.10. The third-order valence-electron chi connectivity index (χ3n) is 4.07. The molecule has 0 unspecified atom stereocenters. The second-order valence-corrected chi connectivity index (χ2v) is 8.42. The van der Waals surface area contributed by atoms with E-state index in [-0.39, 0.29) is 35.0 Å². The third-order valence-corrected chi connectivity index (χ3v) is 5.76. The van der Waals surface area contributed by atoms with Crippen molar-refractivity contribution in [1.82, 2.24) is 4.90 Å². The van der Waals surface area contributed by atoms with Crippen LogP contribution in [0.3, 0.4) is 0 Å². The Morgan fingerprint density at radius 2 is 1.48 bits per heavy atom. The maximum atomic E-state index is 12.6. The lowest BCUT2D eigenvalue weighted by Crippen LogP contribution is -2.43. The number of benzene rings is 2. The van der Waals surface area contributed by atoms with E-state index >= 15 is 0 Å². The Bertz CT molecular complexity index is 1210. The van der Waals surface area contributed by atoms with Gasteiger partial charge in [0.05, 0.1) is 21.0 Å². The largest absolute Gasteiger partial charge is 0.744 e. The van der Waals surface area contributed by atoms with Gasteiger partial charge in [-0.2, -0.15) is 0 Å². The van der Waals surface area contributed by atoms with Crippen molar-refractivity contribution in [3.05, 3.63) is 29.3 Å². The molecule has 1 heterocycles. The Balaban J connectivity index is 2.57. The number of imide groups is 1. The smallest absolute Gasteiger partial charge is 0.261 e. The fourth-order valence-electron chi connectivity index (χ4n) is 2.94. The Labute approximate surface area is 153 Å². The van der Waals surface area contributed by atoms with Gasteiger partial charge in [0.15, 0.2) is 0 Å². The molecule has 144 valence electrons. The summed E-state index contributed by atoms with van der Waals surface area (Å²) < 4.78 is 68.8. The highest BCUT2D eigenvalue weighted by molar-refractivity contribution is 7.86. The molecule has 1 aliphatic rings. The van der Waals surface area contributed by atoms with Crippen LogP contribution in [0.25, 0.3) is 10.8 Å². The number of hydrogen-bond acceptors (Lipinski definition) is 10. The van der Waals surface area contributed by atoms with E-state index < -0.39 is 47.5 Å². The minimum atomic E-state index is -5.14. The lowest BCUT2D eigenvalue weighted by atomic mass is 9.93. The minimum absolute atomic E-state index is 0.128. The standard InChI is InChI=1S/C14H13N3O8S2/c15-1-2-17-13(18)8-4-6(26(20,21)22)3-7-11(8)9(14(17)19)5-10(12(7)16)27(23,24)25/h3-5H,1-2,15-16H2,(H,20,21,22)(H,23,24,25)/p-2. The van der Waals surface area contributed by atoms with Crippen molar-refractivity contribution in [3.8, 4) is 0 Å². The van der Waals surface area contributed by atoms with Crippen LogP contribution in [0, 0.1) is 0 Å². The molecule has 0 fully saturated rings. The normalized spacial score (nSPS) is 14.9. The van der Waals surface area contributed by atoms with E-state index in [4.69, 9.17) is 11.5 Å². The summed E-state index contributed by atoms with van der Waals surface area (Å²) in [4.78, 5) is 24.0. The molecule has 0 saturated carbocycles. The van der Waals surface area contributed by atoms with E-state index in [2.05, 4.69) is 0 Å². The predicted octanol–water partition coefficient (Wildman–Crippen LogP) is -1.22. The first-order valence-corrected chi connectivity index (χ1v) is 10.1. The summed E-state index contributed by atoms with van der Waals surface area (Å²) in [6.07, 6.45) is 0. The highest BCUT2D eigenvalue weighted by atomic mass is 32.2. The zero-order valence-electron chi connectivity index (χ0n) is 13.3. The molecule has 27 heavy (non-hydrogen) atoms. The second kappa shape index (κ2) is 5.97. The molecule has 2 aromatic carbocycles. The molecular weight excluding hydrogens is 402 g/mol. The van der Waals surface area contributed by atoms with Crippen LogP contribution in [0.15, 0.2) is 28.0 Å². The van der Waals surface area contributed by atoms with Crippen molar-refractivity contribution in [3.63, 3.8) is 0 Å². The van der Waals surface area contributed by atoms with Crippen molar-refractivity contribution in [2.45, 2.75) is 9.79 Å². The number of amides is 2. The summed E-state index contributed by atoms with van der Waals surface area (Å²) in [6, 6.07) is 2.23. The van der Waals surface area contributed by atoms with E-state index in [0.29, 0.717) is 4.90 Å². The lowest BCUT2D eigenvalue weighted by molar-refractivity contribution is 0.0615. The monoisotopic (exact) mass is 413 g/mol. The summed E-state index contributed by atoms with van der Waals surface area (Å²) in [5.41, 5.74) is 9.71. The first-order chi connectivity index (χ1) is 12.4. The molecule has 0 spiro atoms. The average Bonchev–Trinajstić information content (AvgIpc) is 2.55. The molecule has 11 nitrogen and oxygen atoms in total. The van der Waals surface area contributed by atoms with Gasteiger partial charge in [0.2, 0.25) is 0 Å². The molecule has 0 aromatic heterocycles. The maximum Gasteiger partial charge on any atom is 0.261 e. The molecule has 3 rings (SSSR count). The van der Waals surface area contributed by atoms with Crippen LogP contribution in [0.2, 0.25) is 0 Å². The van der Waals surface area contributed by atoms with Gasteiger partial charge in [0.25, 0.3) is 11.8 Å². The van der Waals surface area contributed by atoms with Crippen LogP contribution in [0.5, 0.6) is 0 Å². The Morgan fingerprint density at radius 3 is 1.96 bits per heavy atom. The number of anilines is 1. The minimum Gasteiger partial charge on any atom is -0.744 e. The van der Waals surface area contributed by atoms with Gasteiger partial charge in [-0.3, -0.25) is 14.5 Å². The molecule has 0 aliphatic carbocycles. The lowest BCUT2D eigenvalue weighted by Gasteiger charge is -2.29. The van der Waals surface area contributed by atoms with Crippen molar-refractivity contribution >= 4 is 48.5 Å². The first kappa shape index (κ1) is 19.2. The molecule has 2 amide bonds. The van der Waals surface area contributed by atoms with Gasteiger partial charge in [0, 0.05) is 29.4 Å². The molecule has 0 bridgehead atoms. The number of carbonyl (C=O) groups excluding carboxylic acids is 2. The Hall–Kier alpha value is -2.58. The molecular formula is C14H11N3O8S2-2. The van der Waals surface area contributed by atoms with Crippen LogP contribution in [0.4, 0.5) is 5.69 Å². The van der Waals surface area contributed by atoms with E-state index in [1.54, 1.807) is 0 Å². The molecule has 0 radical (unpaired) electrons. The molecule has 1 aliphatic heterocycles. The molecule has 13 heteroatoms. The zero-order chi connectivity index (χ0) is 20.3. The number of nitrogen functional groups attached to an aromatic ring is 1. The zero-order valence-corrected chi connectivity index (χ0v) is 15.0. The van der Waals surface area contributed by atoms with Crippen molar-refractivity contribution < 1.29 is 35.5 Å². The van der Waals surface area contributed by atoms with Crippen molar-refractivity contribution in [2.24, 2.45) is 5.73 Å². The van der Waals surface area contributed by atoms with E-state index in [1.807, 2.05) is 0 Å².